The maximum atomic E-state index is 15.8. The molecule has 10 heteroatoms. The average Bonchev–Trinajstić information content (AvgIpc) is 3.20. The van der Waals surface area contributed by atoms with E-state index < -0.39 is 23.4 Å². The number of cyclic esters (lactones) is 1. The smallest absolute Gasteiger partial charge is 0.413 e. The number of nitrogens with one attached hydrogen (secondary N) is 2. The van der Waals surface area contributed by atoms with E-state index in [4.69, 9.17) is 9.47 Å². The normalized spacial score (nSPS) is 30.7. The Labute approximate surface area is 187 Å². The van der Waals surface area contributed by atoms with E-state index in [0.29, 0.717) is 57.8 Å². The Morgan fingerprint density at radius 2 is 2.09 bits per heavy atom. The lowest BCUT2D eigenvalue weighted by atomic mass is 9.72. The van der Waals surface area contributed by atoms with Crippen molar-refractivity contribution in [1.29, 1.82) is 5.26 Å². The molecule has 9 nitrogen and oxygen atoms in total. The third-order valence-electron chi connectivity index (χ3n) is 6.89. The van der Waals surface area contributed by atoms with Gasteiger partial charge in [0.25, 0.3) is 0 Å². The second-order valence-electron chi connectivity index (χ2n) is 8.65. The summed E-state index contributed by atoms with van der Waals surface area (Å²) in [5.74, 6) is -0.604. The largest absolute Gasteiger partial charge is 0.423 e. The minimum Gasteiger partial charge on any atom is -0.423 e. The minimum atomic E-state index is -1.06. The van der Waals surface area contributed by atoms with Crippen LogP contribution < -0.4 is 10.6 Å². The highest BCUT2D eigenvalue weighted by atomic mass is 19.1. The van der Waals surface area contributed by atoms with Crippen LogP contribution in [0, 0.1) is 16.7 Å². The molecule has 2 amide bonds. The number of ether oxygens (including phenoxy) is 2. The van der Waals surface area contributed by atoms with Crippen molar-refractivity contribution in [2.75, 3.05) is 45.9 Å². The van der Waals surface area contributed by atoms with Crippen LogP contribution in [0.3, 0.4) is 0 Å². The van der Waals surface area contributed by atoms with E-state index in [-0.39, 0.29) is 31.1 Å². The van der Waals surface area contributed by atoms with Gasteiger partial charge in [0.1, 0.15) is 11.5 Å². The summed E-state index contributed by atoms with van der Waals surface area (Å²) in [6.07, 6.45) is 3.24. The molecule has 32 heavy (non-hydrogen) atoms. The zero-order valence-corrected chi connectivity index (χ0v) is 18.4. The Balaban J connectivity index is 1.65. The number of nitriles is 1. The van der Waals surface area contributed by atoms with Crippen LogP contribution in [0.25, 0.3) is 0 Å². The van der Waals surface area contributed by atoms with Crippen LogP contribution in [0.2, 0.25) is 0 Å². The molecule has 3 saturated heterocycles. The highest BCUT2D eigenvalue weighted by Gasteiger charge is 2.52. The number of allylic oxidation sites excluding steroid dienone is 2. The van der Waals surface area contributed by atoms with Crippen LogP contribution >= 0.6 is 0 Å². The van der Waals surface area contributed by atoms with Gasteiger partial charge in [-0.15, -0.1) is 0 Å². The number of halogens is 1. The molecule has 174 valence electrons. The Kier molecular flexibility index (Phi) is 6.51. The van der Waals surface area contributed by atoms with Crippen LogP contribution in [0.1, 0.15) is 32.6 Å². The molecule has 3 aliphatic heterocycles. The van der Waals surface area contributed by atoms with Gasteiger partial charge in [-0.3, -0.25) is 14.6 Å². The lowest BCUT2D eigenvalue weighted by molar-refractivity contribution is -0.123. The highest BCUT2D eigenvalue weighted by Crippen LogP contribution is 2.46. The third-order valence-corrected chi connectivity index (χ3v) is 6.89. The number of hydrogen-bond donors (Lipinski definition) is 2. The van der Waals surface area contributed by atoms with Crippen LogP contribution in [-0.4, -0.2) is 79.6 Å². The number of piperazine rings is 1. The van der Waals surface area contributed by atoms with Crippen molar-refractivity contribution in [1.82, 2.24) is 20.4 Å². The SMILES string of the molecule is CCC(=O)NC1CN(C2(N3CCNCC3)C=CC(C3(C#N)CCOCC3)=C(F)C2)C(=O)O1. The zero-order valence-electron chi connectivity index (χ0n) is 18.4. The summed E-state index contributed by atoms with van der Waals surface area (Å²) in [6, 6.07) is 2.33. The first kappa shape index (κ1) is 22.7. The van der Waals surface area contributed by atoms with Gasteiger partial charge in [-0.25, -0.2) is 9.18 Å². The fraction of sp³-hybridized carbons (Fsp3) is 0.682. The molecule has 4 rings (SSSR count). The molecule has 3 fully saturated rings. The second kappa shape index (κ2) is 9.17. The second-order valence-corrected chi connectivity index (χ2v) is 8.65. The van der Waals surface area contributed by atoms with Gasteiger partial charge in [0.05, 0.1) is 18.0 Å². The molecule has 3 heterocycles. The quantitative estimate of drug-likeness (QED) is 0.656. The van der Waals surface area contributed by atoms with Gasteiger partial charge in [0, 0.05) is 57.8 Å². The van der Waals surface area contributed by atoms with Crippen molar-refractivity contribution in [3.8, 4) is 6.07 Å². The van der Waals surface area contributed by atoms with Crippen molar-refractivity contribution in [2.24, 2.45) is 5.41 Å². The van der Waals surface area contributed by atoms with E-state index in [1.165, 1.54) is 4.90 Å². The molecular weight excluding hydrogens is 417 g/mol. The van der Waals surface area contributed by atoms with E-state index in [1.54, 1.807) is 13.0 Å². The van der Waals surface area contributed by atoms with E-state index in [2.05, 4.69) is 21.6 Å². The molecule has 2 unspecified atom stereocenters. The van der Waals surface area contributed by atoms with Crippen molar-refractivity contribution >= 4 is 12.0 Å². The van der Waals surface area contributed by atoms with Crippen molar-refractivity contribution in [3.63, 3.8) is 0 Å². The Bertz CT molecular complexity index is 857. The number of rotatable bonds is 5. The first-order valence-corrected chi connectivity index (χ1v) is 11.2. The van der Waals surface area contributed by atoms with Gasteiger partial charge in [-0.05, 0) is 18.9 Å². The molecule has 0 saturated carbocycles. The molecule has 0 radical (unpaired) electrons. The average molecular weight is 448 g/mol. The lowest BCUT2D eigenvalue weighted by Gasteiger charge is -2.50. The van der Waals surface area contributed by atoms with Crippen molar-refractivity contribution in [2.45, 2.75) is 44.5 Å². The Morgan fingerprint density at radius 1 is 1.38 bits per heavy atom. The molecule has 4 aliphatic rings. The van der Waals surface area contributed by atoms with Gasteiger partial charge in [-0.2, -0.15) is 5.26 Å². The fourth-order valence-electron chi connectivity index (χ4n) is 5.03. The molecule has 1 aliphatic carbocycles. The predicted octanol–water partition coefficient (Wildman–Crippen LogP) is 1.40. The molecule has 0 aromatic heterocycles. The molecule has 0 aromatic carbocycles. The summed E-state index contributed by atoms with van der Waals surface area (Å²) in [7, 11) is 0. The van der Waals surface area contributed by atoms with Crippen LogP contribution in [0.15, 0.2) is 23.6 Å². The predicted molar refractivity (Wildman–Crippen MR) is 113 cm³/mol. The minimum absolute atomic E-state index is 0.0628. The number of nitrogens with zero attached hydrogens (tertiary/aromatic N) is 3. The molecule has 2 atom stereocenters. The van der Waals surface area contributed by atoms with Gasteiger partial charge >= 0.3 is 6.09 Å². The highest BCUT2D eigenvalue weighted by molar-refractivity contribution is 5.77. The van der Waals surface area contributed by atoms with Gasteiger partial charge < -0.3 is 20.1 Å². The topological polar surface area (TPSA) is 107 Å². The van der Waals surface area contributed by atoms with Crippen LogP contribution in [-0.2, 0) is 14.3 Å². The summed E-state index contributed by atoms with van der Waals surface area (Å²) >= 11 is 0. The fourth-order valence-corrected chi connectivity index (χ4v) is 5.03. The van der Waals surface area contributed by atoms with Gasteiger partial charge in [0.15, 0.2) is 6.23 Å². The molecule has 2 N–H and O–H groups in total. The van der Waals surface area contributed by atoms with Gasteiger partial charge in [0.2, 0.25) is 5.91 Å². The van der Waals surface area contributed by atoms with E-state index in [0.717, 1.165) is 0 Å². The number of carbonyl (C=O) groups excluding carboxylic acids is 2. The summed E-state index contributed by atoms with van der Waals surface area (Å²) < 4.78 is 26.6. The van der Waals surface area contributed by atoms with E-state index >= 15 is 4.39 Å². The van der Waals surface area contributed by atoms with Crippen LogP contribution in [0.4, 0.5) is 9.18 Å². The summed E-state index contributed by atoms with van der Waals surface area (Å²) in [5, 5.41) is 15.9. The number of carbonyl (C=O) groups is 2. The standard InChI is InChI=1S/C22H30FN5O4/c1-2-18(29)26-19-14-28(20(30)32-19)22(27-9-7-25-8-10-27)4-3-16(17(23)13-22)21(15-24)5-11-31-12-6-21/h3-4,19,25H,2,5-14H2,1H3,(H,26,29). The summed E-state index contributed by atoms with van der Waals surface area (Å²) in [6.45, 7) is 5.35. The molecular formula is C22H30FN5O4. The van der Waals surface area contributed by atoms with Crippen LogP contribution in [0.5, 0.6) is 0 Å². The molecule has 0 aromatic rings. The first-order valence-electron chi connectivity index (χ1n) is 11.2. The Morgan fingerprint density at radius 3 is 2.72 bits per heavy atom. The lowest BCUT2D eigenvalue weighted by Crippen LogP contribution is -2.64. The Hall–Kier alpha value is -2.48. The number of hydrogen-bond acceptors (Lipinski definition) is 7. The first-order chi connectivity index (χ1) is 15.4. The van der Waals surface area contributed by atoms with Gasteiger partial charge in [-0.1, -0.05) is 13.0 Å². The maximum Gasteiger partial charge on any atom is 0.413 e. The van der Waals surface area contributed by atoms with E-state index in [9.17, 15) is 14.9 Å². The summed E-state index contributed by atoms with van der Waals surface area (Å²) in [4.78, 5) is 28.3. The molecule has 0 bridgehead atoms. The van der Waals surface area contributed by atoms with E-state index in [1.807, 2.05) is 6.08 Å². The van der Waals surface area contributed by atoms with Crippen molar-refractivity contribution < 1.29 is 23.5 Å². The molecule has 0 spiro atoms. The number of amides is 2. The zero-order chi connectivity index (χ0) is 22.8. The monoisotopic (exact) mass is 447 g/mol. The van der Waals surface area contributed by atoms with Crippen molar-refractivity contribution in [3.05, 3.63) is 23.6 Å². The third kappa shape index (κ3) is 4.00. The summed E-state index contributed by atoms with van der Waals surface area (Å²) in [5.41, 5.74) is -1.59. The maximum absolute atomic E-state index is 15.8.